The summed E-state index contributed by atoms with van der Waals surface area (Å²) in [7, 11) is 1.05. The van der Waals surface area contributed by atoms with E-state index >= 15 is 0 Å². The van der Waals surface area contributed by atoms with Crippen LogP contribution >= 0.6 is 0 Å². The molecule has 0 unspecified atom stereocenters. The Morgan fingerprint density at radius 1 is 1.30 bits per heavy atom. The first-order valence-electron chi connectivity index (χ1n) is 5.27. The van der Waals surface area contributed by atoms with Crippen molar-refractivity contribution in [1.82, 2.24) is 15.2 Å². The van der Waals surface area contributed by atoms with E-state index in [1.807, 2.05) is 0 Å². The number of anilines is 1. The fourth-order valence-electron chi connectivity index (χ4n) is 1.41. The number of aromatic amines is 1. The lowest BCUT2D eigenvalue weighted by atomic mass is 10.1. The molecule has 1 aromatic heterocycles. The number of methoxy groups -OCH3 is 1. The van der Waals surface area contributed by atoms with Gasteiger partial charge in [-0.1, -0.05) is 0 Å². The second-order valence-corrected chi connectivity index (χ2v) is 3.59. The highest BCUT2D eigenvalue weighted by molar-refractivity contribution is 6.02. The summed E-state index contributed by atoms with van der Waals surface area (Å²) >= 11 is 0. The lowest BCUT2D eigenvalue weighted by molar-refractivity contribution is 0.0595. The van der Waals surface area contributed by atoms with Crippen molar-refractivity contribution in [2.24, 2.45) is 0 Å². The molecule has 0 aliphatic rings. The number of rotatable bonds is 3. The maximum absolute atomic E-state index is 13.5. The van der Waals surface area contributed by atoms with Crippen molar-refractivity contribution in [2.45, 2.75) is 0 Å². The van der Waals surface area contributed by atoms with Crippen molar-refractivity contribution < 1.29 is 23.1 Å². The molecule has 7 nitrogen and oxygen atoms in total. The molecule has 1 heterocycles. The fraction of sp³-hybridized carbons (Fsp3) is 0.0909. The number of ether oxygens (including phenoxy) is 1. The Morgan fingerprint density at radius 2 is 2.05 bits per heavy atom. The van der Waals surface area contributed by atoms with E-state index in [4.69, 9.17) is 0 Å². The maximum atomic E-state index is 13.5. The van der Waals surface area contributed by atoms with Gasteiger partial charge in [0.1, 0.15) is 18.0 Å². The van der Waals surface area contributed by atoms with Crippen LogP contribution in [-0.4, -0.2) is 34.2 Å². The molecule has 0 aliphatic heterocycles. The first-order valence-corrected chi connectivity index (χ1v) is 5.27. The summed E-state index contributed by atoms with van der Waals surface area (Å²) in [6, 6.07) is 1.31. The van der Waals surface area contributed by atoms with Crippen LogP contribution in [0, 0.1) is 11.6 Å². The van der Waals surface area contributed by atoms with Crippen LogP contribution in [0.1, 0.15) is 21.0 Å². The number of nitrogens with one attached hydrogen (secondary N) is 2. The highest BCUT2D eigenvalue weighted by Gasteiger charge is 2.19. The lowest BCUT2D eigenvalue weighted by Gasteiger charge is -2.07. The Balaban J connectivity index is 2.32. The number of H-pyrrole nitrogens is 1. The number of aromatic nitrogens is 3. The average molecular weight is 282 g/mol. The van der Waals surface area contributed by atoms with E-state index in [1.165, 1.54) is 0 Å². The minimum atomic E-state index is -1.09. The van der Waals surface area contributed by atoms with Crippen molar-refractivity contribution in [3.05, 3.63) is 41.5 Å². The zero-order valence-electron chi connectivity index (χ0n) is 10.1. The zero-order valence-corrected chi connectivity index (χ0v) is 10.1. The molecule has 2 N–H and O–H groups in total. The summed E-state index contributed by atoms with van der Waals surface area (Å²) in [6.07, 6.45) is 1.09. The molecule has 0 radical (unpaired) electrons. The zero-order chi connectivity index (χ0) is 14.7. The smallest absolute Gasteiger partial charge is 0.340 e. The van der Waals surface area contributed by atoms with Crippen LogP contribution in [0.3, 0.4) is 0 Å². The summed E-state index contributed by atoms with van der Waals surface area (Å²) in [5.41, 5.74) is -0.880. The molecule has 1 aromatic carbocycles. The fourth-order valence-corrected chi connectivity index (χ4v) is 1.41. The van der Waals surface area contributed by atoms with Crippen molar-refractivity contribution in [2.75, 3.05) is 12.4 Å². The van der Waals surface area contributed by atoms with E-state index in [0.29, 0.717) is 6.07 Å². The number of nitrogens with zero attached hydrogens (tertiary/aromatic N) is 2. The van der Waals surface area contributed by atoms with Gasteiger partial charge in [0.15, 0.2) is 0 Å². The Morgan fingerprint density at radius 3 is 2.65 bits per heavy atom. The normalized spacial score (nSPS) is 10.2. The molecule has 2 rings (SSSR count). The lowest BCUT2D eigenvalue weighted by Crippen LogP contribution is -2.16. The SMILES string of the molecule is COC(=O)c1cc(NC(=O)c2ncn[nH]2)c(F)cc1F. The maximum Gasteiger partial charge on any atom is 0.340 e. The minimum Gasteiger partial charge on any atom is -0.465 e. The minimum absolute atomic E-state index is 0.159. The molecule has 1 amide bonds. The van der Waals surface area contributed by atoms with Gasteiger partial charge >= 0.3 is 5.97 Å². The van der Waals surface area contributed by atoms with Crippen LogP contribution < -0.4 is 5.32 Å². The third-order valence-electron chi connectivity index (χ3n) is 2.34. The number of hydrogen-bond donors (Lipinski definition) is 2. The largest absolute Gasteiger partial charge is 0.465 e. The molecule has 0 atom stereocenters. The molecule has 0 saturated carbocycles. The predicted octanol–water partition coefficient (Wildman–Crippen LogP) is 1.12. The number of esters is 1. The van der Waals surface area contributed by atoms with Gasteiger partial charge in [-0.2, -0.15) is 5.10 Å². The summed E-state index contributed by atoms with van der Waals surface area (Å²) in [5, 5.41) is 7.87. The molecular formula is C11H8F2N4O3. The second-order valence-electron chi connectivity index (χ2n) is 3.59. The first kappa shape index (κ1) is 13.6. The van der Waals surface area contributed by atoms with Gasteiger partial charge in [0.05, 0.1) is 18.4 Å². The van der Waals surface area contributed by atoms with E-state index < -0.39 is 29.1 Å². The number of hydrogen-bond acceptors (Lipinski definition) is 5. The molecule has 2 aromatic rings. The Hall–Kier alpha value is -2.84. The van der Waals surface area contributed by atoms with Gasteiger partial charge in [0, 0.05) is 6.07 Å². The standard InChI is InChI=1S/C11H8F2N4O3/c1-20-11(19)5-2-8(7(13)3-6(5)12)16-10(18)9-14-4-15-17-9/h2-4H,1H3,(H,16,18)(H,14,15,17). The summed E-state index contributed by atoms with van der Waals surface area (Å²) in [6.45, 7) is 0. The molecule has 20 heavy (non-hydrogen) atoms. The molecule has 0 aliphatic carbocycles. The van der Waals surface area contributed by atoms with E-state index in [2.05, 4.69) is 25.2 Å². The number of halogens is 2. The Bertz CT molecular complexity index is 658. The number of carbonyl (C=O) groups excluding carboxylic acids is 2. The molecular weight excluding hydrogens is 274 g/mol. The quantitative estimate of drug-likeness (QED) is 0.822. The average Bonchev–Trinajstić information content (AvgIpc) is 2.95. The van der Waals surface area contributed by atoms with E-state index in [-0.39, 0.29) is 11.5 Å². The highest BCUT2D eigenvalue weighted by atomic mass is 19.1. The van der Waals surface area contributed by atoms with E-state index in [0.717, 1.165) is 19.5 Å². The van der Waals surface area contributed by atoms with Crippen LogP contribution in [0.5, 0.6) is 0 Å². The number of amides is 1. The summed E-state index contributed by atoms with van der Waals surface area (Å²) in [5.74, 6) is -4.06. The van der Waals surface area contributed by atoms with Gasteiger partial charge in [-0.3, -0.25) is 9.89 Å². The van der Waals surface area contributed by atoms with Crippen LogP contribution in [0.15, 0.2) is 18.5 Å². The molecule has 0 saturated heterocycles. The summed E-state index contributed by atoms with van der Waals surface area (Å²) in [4.78, 5) is 26.5. The molecule has 9 heteroatoms. The number of benzene rings is 1. The van der Waals surface area contributed by atoms with E-state index in [9.17, 15) is 18.4 Å². The van der Waals surface area contributed by atoms with Crippen LogP contribution in [0.2, 0.25) is 0 Å². The topological polar surface area (TPSA) is 97.0 Å². The Kier molecular flexibility index (Phi) is 3.69. The molecule has 0 spiro atoms. The van der Waals surface area contributed by atoms with Gasteiger partial charge in [0.2, 0.25) is 5.82 Å². The van der Waals surface area contributed by atoms with Crippen LogP contribution in [0.4, 0.5) is 14.5 Å². The summed E-state index contributed by atoms with van der Waals surface area (Å²) < 4.78 is 31.3. The molecule has 0 fully saturated rings. The van der Waals surface area contributed by atoms with Crippen molar-refractivity contribution in [1.29, 1.82) is 0 Å². The van der Waals surface area contributed by atoms with Crippen molar-refractivity contribution in [3.8, 4) is 0 Å². The molecule has 0 bridgehead atoms. The second kappa shape index (κ2) is 5.43. The first-order chi connectivity index (χ1) is 9.52. The van der Waals surface area contributed by atoms with Gasteiger partial charge in [0.25, 0.3) is 5.91 Å². The Labute approximate surface area is 111 Å². The van der Waals surface area contributed by atoms with Gasteiger partial charge in [-0.15, -0.1) is 0 Å². The van der Waals surface area contributed by atoms with Crippen LogP contribution in [0.25, 0.3) is 0 Å². The third kappa shape index (κ3) is 2.60. The van der Waals surface area contributed by atoms with Gasteiger partial charge in [-0.25, -0.2) is 18.6 Å². The highest BCUT2D eigenvalue weighted by Crippen LogP contribution is 2.20. The van der Waals surface area contributed by atoms with Crippen molar-refractivity contribution >= 4 is 17.6 Å². The molecule has 104 valence electrons. The monoisotopic (exact) mass is 282 g/mol. The third-order valence-corrected chi connectivity index (χ3v) is 2.34. The van der Waals surface area contributed by atoms with Crippen molar-refractivity contribution in [3.63, 3.8) is 0 Å². The predicted molar refractivity (Wildman–Crippen MR) is 62.0 cm³/mol. The number of carbonyl (C=O) groups is 2. The van der Waals surface area contributed by atoms with Crippen LogP contribution in [-0.2, 0) is 4.74 Å². The van der Waals surface area contributed by atoms with Gasteiger partial charge < -0.3 is 10.1 Å². The van der Waals surface area contributed by atoms with Gasteiger partial charge in [-0.05, 0) is 6.07 Å². The van der Waals surface area contributed by atoms with E-state index in [1.54, 1.807) is 0 Å².